The van der Waals surface area contributed by atoms with Gasteiger partial charge in [-0.2, -0.15) is 0 Å². The standard InChI is InChI=1S/C26H28N2O4S/c1-17-9-5-6-10-20(17)18(2)27-26(30)21-11-7-8-12-24(21)33-16-25(29)28-19-13-14-22(31-3)23(15-19)32-4/h5-15,18H,16H2,1-4H3,(H,27,30)(H,28,29). The van der Waals surface area contributed by atoms with Crippen molar-refractivity contribution in [1.82, 2.24) is 5.32 Å². The van der Waals surface area contributed by atoms with Crippen molar-refractivity contribution in [1.29, 1.82) is 0 Å². The molecule has 172 valence electrons. The van der Waals surface area contributed by atoms with Crippen molar-refractivity contribution < 1.29 is 19.1 Å². The first-order valence-corrected chi connectivity index (χ1v) is 11.5. The van der Waals surface area contributed by atoms with E-state index in [0.29, 0.717) is 22.7 Å². The first-order chi connectivity index (χ1) is 15.9. The number of amides is 2. The zero-order valence-corrected chi connectivity index (χ0v) is 20.0. The van der Waals surface area contributed by atoms with Gasteiger partial charge in [0.2, 0.25) is 5.91 Å². The molecular formula is C26H28N2O4S. The van der Waals surface area contributed by atoms with Gasteiger partial charge in [0.15, 0.2) is 11.5 Å². The average Bonchev–Trinajstić information content (AvgIpc) is 2.83. The van der Waals surface area contributed by atoms with Crippen LogP contribution in [0.25, 0.3) is 0 Å². The van der Waals surface area contributed by atoms with Crippen molar-refractivity contribution in [3.63, 3.8) is 0 Å². The van der Waals surface area contributed by atoms with Gasteiger partial charge in [0.05, 0.1) is 31.6 Å². The molecule has 2 N–H and O–H groups in total. The number of aryl methyl sites for hydroxylation is 1. The summed E-state index contributed by atoms with van der Waals surface area (Å²) in [6, 6.07) is 20.3. The second-order valence-electron chi connectivity index (χ2n) is 7.45. The summed E-state index contributed by atoms with van der Waals surface area (Å²) in [5, 5.41) is 5.92. The first kappa shape index (κ1) is 24.2. The molecular weight excluding hydrogens is 436 g/mol. The third kappa shape index (κ3) is 6.29. The molecule has 0 saturated carbocycles. The molecule has 7 heteroatoms. The van der Waals surface area contributed by atoms with Gasteiger partial charge in [-0.1, -0.05) is 36.4 Å². The van der Waals surface area contributed by atoms with Crippen molar-refractivity contribution in [2.45, 2.75) is 24.8 Å². The Morgan fingerprint density at radius 2 is 1.64 bits per heavy atom. The molecule has 0 aromatic heterocycles. The van der Waals surface area contributed by atoms with Crippen LogP contribution < -0.4 is 20.1 Å². The summed E-state index contributed by atoms with van der Waals surface area (Å²) in [7, 11) is 3.10. The fourth-order valence-electron chi connectivity index (χ4n) is 3.46. The van der Waals surface area contributed by atoms with Crippen molar-refractivity contribution in [2.24, 2.45) is 0 Å². The molecule has 0 aliphatic carbocycles. The number of benzene rings is 3. The van der Waals surface area contributed by atoms with E-state index in [1.54, 1.807) is 38.5 Å². The fraction of sp³-hybridized carbons (Fsp3) is 0.231. The van der Waals surface area contributed by atoms with Gasteiger partial charge in [-0.25, -0.2) is 0 Å². The number of carbonyl (C=O) groups is 2. The Kier molecular flexibility index (Phi) is 8.38. The number of hydrogen-bond donors (Lipinski definition) is 2. The number of anilines is 1. The lowest BCUT2D eigenvalue weighted by atomic mass is 10.0. The van der Waals surface area contributed by atoms with Gasteiger partial charge >= 0.3 is 0 Å². The second kappa shape index (κ2) is 11.4. The Morgan fingerprint density at radius 1 is 0.939 bits per heavy atom. The van der Waals surface area contributed by atoms with Gasteiger partial charge in [-0.3, -0.25) is 9.59 Å². The van der Waals surface area contributed by atoms with Crippen LogP contribution in [0, 0.1) is 6.92 Å². The average molecular weight is 465 g/mol. The highest BCUT2D eigenvalue weighted by atomic mass is 32.2. The van der Waals surface area contributed by atoms with Gasteiger partial charge in [0.1, 0.15) is 0 Å². The molecule has 3 aromatic rings. The van der Waals surface area contributed by atoms with E-state index in [4.69, 9.17) is 9.47 Å². The zero-order valence-electron chi connectivity index (χ0n) is 19.2. The number of rotatable bonds is 9. The highest BCUT2D eigenvalue weighted by molar-refractivity contribution is 8.00. The molecule has 1 unspecified atom stereocenters. The van der Waals surface area contributed by atoms with Crippen LogP contribution in [0.15, 0.2) is 71.6 Å². The SMILES string of the molecule is COc1ccc(NC(=O)CSc2ccccc2C(=O)NC(C)c2ccccc2C)cc1OC. The van der Waals surface area contributed by atoms with Gasteiger partial charge in [-0.15, -0.1) is 11.8 Å². The Labute approximate surface area is 198 Å². The fourth-order valence-corrected chi connectivity index (χ4v) is 4.31. The van der Waals surface area contributed by atoms with Crippen LogP contribution in [0.2, 0.25) is 0 Å². The van der Waals surface area contributed by atoms with E-state index < -0.39 is 0 Å². The van der Waals surface area contributed by atoms with E-state index in [0.717, 1.165) is 16.0 Å². The molecule has 6 nitrogen and oxygen atoms in total. The highest BCUT2D eigenvalue weighted by Gasteiger charge is 2.17. The molecule has 0 aliphatic heterocycles. The van der Waals surface area contributed by atoms with E-state index in [-0.39, 0.29) is 23.6 Å². The quantitative estimate of drug-likeness (QED) is 0.424. The lowest BCUT2D eigenvalue weighted by Crippen LogP contribution is -2.27. The van der Waals surface area contributed by atoms with E-state index in [9.17, 15) is 9.59 Å². The Morgan fingerprint density at radius 3 is 2.36 bits per heavy atom. The minimum Gasteiger partial charge on any atom is -0.493 e. The zero-order chi connectivity index (χ0) is 23.8. The number of methoxy groups -OCH3 is 2. The van der Waals surface area contributed by atoms with Crippen molar-refractivity contribution >= 4 is 29.3 Å². The Bertz CT molecular complexity index is 1130. The normalized spacial score (nSPS) is 11.4. The summed E-state index contributed by atoms with van der Waals surface area (Å²) >= 11 is 1.32. The number of nitrogens with one attached hydrogen (secondary N) is 2. The molecule has 0 spiro atoms. The molecule has 3 aromatic carbocycles. The number of hydrogen-bond acceptors (Lipinski definition) is 5. The summed E-state index contributed by atoms with van der Waals surface area (Å²) in [6.07, 6.45) is 0. The Hall–Kier alpha value is -3.45. The first-order valence-electron chi connectivity index (χ1n) is 10.5. The smallest absolute Gasteiger partial charge is 0.252 e. The molecule has 0 aliphatic rings. The summed E-state index contributed by atoms with van der Waals surface area (Å²) < 4.78 is 10.5. The molecule has 1 atom stereocenters. The third-order valence-corrected chi connectivity index (χ3v) is 6.23. The van der Waals surface area contributed by atoms with Gasteiger partial charge < -0.3 is 20.1 Å². The second-order valence-corrected chi connectivity index (χ2v) is 8.47. The lowest BCUT2D eigenvalue weighted by molar-refractivity contribution is -0.113. The van der Waals surface area contributed by atoms with Crippen molar-refractivity contribution in [3.05, 3.63) is 83.4 Å². The predicted octanol–water partition coefficient (Wildman–Crippen LogP) is 5.23. The van der Waals surface area contributed by atoms with E-state index in [1.807, 2.05) is 56.3 Å². The predicted molar refractivity (Wildman–Crippen MR) is 132 cm³/mol. The van der Waals surface area contributed by atoms with Gasteiger partial charge in [0, 0.05) is 16.6 Å². The molecule has 0 radical (unpaired) electrons. The molecule has 0 fully saturated rings. The minimum absolute atomic E-state index is 0.134. The van der Waals surface area contributed by atoms with Crippen molar-refractivity contribution in [2.75, 3.05) is 25.3 Å². The number of carbonyl (C=O) groups excluding carboxylic acids is 2. The maximum absolute atomic E-state index is 13.0. The third-order valence-electron chi connectivity index (χ3n) is 5.16. The van der Waals surface area contributed by atoms with Gasteiger partial charge in [0.25, 0.3) is 5.91 Å². The van der Waals surface area contributed by atoms with Gasteiger partial charge in [-0.05, 0) is 49.2 Å². The summed E-state index contributed by atoms with van der Waals surface area (Å²) in [4.78, 5) is 26.2. The largest absolute Gasteiger partial charge is 0.493 e. The van der Waals surface area contributed by atoms with Crippen LogP contribution in [0.4, 0.5) is 5.69 Å². The van der Waals surface area contributed by atoms with Crippen LogP contribution in [-0.2, 0) is 4.79 Å². The van der Waals surface area contributed by atoms with E-state index in [1.165, 1.54) is 11.8 Å². The molecule has 3 rings (SSSR count). The highest BCUT2D eigenvalue weighted by Crippen LogP contribution is 2.30. The maximum atomic E-state index is 13.0. The molecule has 2 amide bonds. The topological polar surface area (TPSA) is 76.7 Å². The molecule has 0 heterocycles. The number of ether oxygens (including phenoxy) is 2. The monoisotopic (exact) mass is 464 g/mol. The maximum Gasteiger partial charge on any atom is 0.252 e. The van der Waals surface area contributed by atoms with Crippen LogP contribution in [0.1, 0.15) is 34.5 Å². The lowest BCUT2D eigenvalue weighted by Gasteiger charge is -2.17. The van der Waals surface area contributed by atoms with Crippen LogP contribution >= 0.6 is 11.8 Å². The van der Waals surface area contributed by atoms with Crippen molar-refractivity contribution in [3.8, 4) is 11.5 Å². The number of thioether (sulfide) groups is 1. The van der Waals surface area contributed by atoms with Crippen LogP contribution in [0.5, 0.6) is 11.5 Å². The van der Waals surface area contributed by atoms with Crippen LogP contribution in [-0.4, -0.2) is 31.8 Å². The minimum atomic E-state index is -0.185. The molecule has 0 bridgehead atoms. The van der Waals surface area contributed by atoms with Crippen LogP contribution in [0.3, 0.4) is 0 Å². The molecule has 0 saturated heterocycles. The summed E-state index contributed by atoms with van der Waals surface area (Å²) in [6.45, 7) is 3.99. The summed E-state index contributed by atoms with van der Waals surface area (Å²) in [5.41, 5.74) is 3.35. The molecule has 33 heavy (non-hydrogen) atoms. The van der Waals surface area contributed by atoms with E-state index in [2.05, 4.69) is 10.6 Å². The Balaban J connectivity index is 1.64. The summed E-state index contributed by atoms with van der Waals surface area (Å²) in [5.74, 6) is 0.925. The van der Waals surface area contributed by atoms with E-state index >= 15 is 0 Å².